The monoisotopic (exact) mass is 2230 g/mol. The molecule has 2 aliphatic rings. The van der Waals surface area contributed by atoms with Gasteiger partial charge in [-0.1, -0.05) is 369 Å². The molecule has 8 nitrogen and oxygen atoms in total. The number of hydrogen-bond acceptors (Lipinski definition) is 6. The SMILES string of the molecule is [2H]c1c([2H])c([2H])c(-c2c([2H])c(-c3c([2H])c([2H])c([2H])c([2H])c3[2H])c(N3[CH-]N(c4[c-]c(C(F)(F)c5[c-]c6c(cc5)c5ccccc5n6-c5cc(C(C)(C)c6ccccc6)ccn5)cc([Si](C)(C)C)c4)c4ccccc43)c(-c3c([2H])c([2H])c([2H])c([2H])c3[2H])c2[2H])c([2H])c1[2H].[2H]c1c([2H])c([2H])c(-c2cccc(-c3c([2H])c([2H])c([2H])c([2H])c3[2H])c2N2[CH-]N(c3[c-]c(C(F)(F)c4[c-]c5c(cc4)c4c([2H])c([2H])c([2H])c([2H])c4n5-c4cc(C(C)(C)C)ccn4)cc(C(C)(C)C)c3)c3ccccc32)c([2H])c1[2H].[Pt].[Pt]. The van der Waals surface area contributed by atoms with Crippen molar-refractivity contribution in [3.63, 3.8) is 0 Å². The molecule has 0 N–H and O–H groups in total. The average Bonchev–Trinajstić information content (AvgIpc) is 1.27. The van der Waals surface area contributed by atoms with Crippen LogP contribution in [0.4, 0.5) is 63.1 Å². The van der Waals surface area contributed by atoms with E-state index in [0.717, 1.165) is 22.1 Å². The van der Waals surface area contributed by atoms with Crippen molar-refractivity contribution in [3.05, 3.63) is 476 Å². The first-order valence-corrected chi connectivity index (χ1v) is 47.5. The smallest absolute Gasteiger partial charge is 0.254 e. The largest absolute Gasteiger partial charge is 0.493 e. The van der Waals surface area contributed by atoms with E-state index in [4.69, 9.17) is 39.3 Å². The third-order valence-electron chi connectivity index (χ3n) is 24.8. The van der Waals surface area contributed by atoms with Gasteiger partial charge in [0.2, 0.25) is 0 Å². The fourth-order valence-electron chi connectivity index (χ4n) is 17.5. The minimum Gasteiger partial charge on any atom is -0.493 e. The Kier molecular flexibility index (Phi) is 17.0. The number of rotatable bonds is 18. The number of pyridine rings is 2. The van der Waals surface area contributed by atoms with Gasteiger partial charge in [-0.15, -0.1) is 53.7 Å². The van der Waals surface area contributed by atoms with Crippen molar-refractivity contribution >= 4 is 102 Å². The van der Waals surface area contributed by atoms with Crippen LogP contribution in [0.2, 0.25) is 19.6 Å². The quantitative estimate of drug-likeness (QED) is 0.0485. The molecule has 16 aromatic carbocycles. The van der Waals surface area contributed by atoms with Crippen molar-refractivity contribution in [2.24, 2.45) is 0 Å². The second-order valence-electron chi connectivity index (χ2n) is 36.8. The van der Waals surface area contributed by atoms with Gasteiger partial charge in [-0.2, -0.15) is 65.3 Å². The van der Waals surface area contributed by atoms with Gasteiger partial charge in [0, 0.05) is 127 Å². The van der Waals surface area contributed by atoms with E-state index in [2.05, 4.69) is 43.1 Å². The molecule has 0 saturated heterocycles. The van der Waals surface area contributed by atoms with Crippen molar-refractivity contribution in [2.45, 2.75) is 103 Å². The number of alkyl halides is 4. The normalized spacial score (nSPS) is 16.0. The summed E-state index contributed by atoms with van der Waals surface area (Å²) in [6.07, 6.45) is 3.26. The third-order valence-corrected chi connectivity index (χ3v) is 26.8. The van der Waals surface area contributed by atoms with Crippen LogP contribution in [0.15, 0.2) is 394 Å². The van der Waals surface area contributed by atoms with Crippen LogP contribution in [-0.4, -0.2) is 27.2 Å². The predicted octanol–water partition coefficient (Wildman–Crippen LogP) is 32.5. The molecule has 0 aliphatic carbocycles. The fourth-order valence-corrected chi connectivity index (χ4v) is 18.7. The molecule has 0 spiro atoms. The second-order valence-corrected chi connectivity index (χ2v) is 41.9. The Morgan fingerprint density at radius 3 is 1.22 bits per heavy atom. The molecule has 0 atom stereocenters. The van der Waals surface area contributed by atoms with Gasteiger partial charge in [0.1, 0.15) is 11.6 Å². The van der Waals surface area contributed by atoms with Crippen molar-refractivity contribution in [1.29, 1.82) is 0 Å². The van der Waals surface area contributed by atoms with E-state index in [1.807, 2.05) is 139 Å². The van der Waals surface area contributed by atoms with E-state index in [1.165, 1.54) is 76.2 Å². The number of nitrogens with zero attached hydrogens (tertiary/aromatic N) is 8. The summed E-state index contributed by atoms with van der Waals surface area (Å²) in [5.74, 6) is -6.97. The van der Waals surface area contributed by atoms with Gasteiger partial charge < -0.3 is 28.7 Å². The Balaban J connectivity index is 0.000000208. The number of hydrogen-bond donors (Lipinski definition) is 0. The van der Waals surface area contributed by atoms with Gasteiger partial charge in [0.15, 0.2) is 0 Å². The molecule has 0 unspecified atom stereocenters. The Morgan fingerprint density at radius 2 is 0.719 bits per heavy atom. The minimum atomic E-state index is -3.86. The molecule has 139 heavy (non-hydrogen) atoms. The third kappa shape index (κ3) is 17.6. The van der Waals surface area contributed by atoms with E-state index in [9.17, 15) is 8.22 Å². The molecule has 694 valence electrons. The summed E-state index contributed by atoms with van der Waals surface area (Å²) in [7, 11) is -2.63. The zero-order chi connectivity index (χ0) is 121. The van der Waals surface area contributed by atoms with E-state index in [0.29, 0.717) is 44.4 Å². The first-order valence-electron chi connectivity index (χ1n) is 59.5. The number of fused-ring (bicyclic) bond motifs is 8. The maximum absolute atomic E-state index is 18.3. The summed E-state index contributed by atoms with van der Waals surface area (Å²) in [5.41, 5.74) is -3.21. The van der Waals surface area contributed by atoms with Gasteiger partial charge in [0.05, 0.1) is 50.6 Å². The molecule has 20 aromatic rings. The molecular weight excluding hydrogens is 2100 g/mol. The zero-order valence-electron chi connectivity index (χ0n) is 108. The summed E-state index contributed by atoms with van der Waals surface area (Å²) in [4.78, 5) is 15.3. The summed E-state index contributed by atoms with van der Waals surface area (Å²) >= 11 is 0. The maximum Gasteiger partial charge on any atom is 0.254 e. The number of aromatic nitrogens is 4. The van der Waals surface area contributed by atoms with Crippen molar-refractivity contribution < 1.29 is 102 Å². The van der Waals surface area contributed by atoms with Gasteiger partial charge in [-0.3, -0.25) is 0 Å². The summed E-state index contributed by atoms with van der Waals surface area (Å²) < 4.78 is 353. The van der Waals surface area contributed by atoms with E-state index < -0.39 is 267 Å². The van der Waals surface area contributed by atoms with Crippen LogP contribution in [0, 0.1) is 37.6 Å². The standard InChI is InChI=1S/C67H53F2N4Si.C57H47F2N4.2Pt/c1-66(2,50-28-16-9-17-29-50)51-36-37-70-64(43-51)73-60-31-19-18-30-56(60)57-35-34-52(42-63(57)73)67(68,69)53-40-54(44-55(41-53)74(3,4)5)71-45-72(62-33-21-20-32-61(62)71)65-58(47-24-12-7-13-25-47)38-49(46-22-10-6-11-23-46)39-59(65)48-26-14-8-15-27-48;1-55(2,3)40-30-31-60-53(36-40)63-49-25-14-13-22-47(49)48-29-28-41(35-52(48)63)57(58,59)43-32-42(56(4,5)6)33-44(34-43)61-37-62(51-27-16-15-26-50(51)61)54-45(38-18-9-7-10-19-38)23-17-24-46(54)39-20-11-8-12-21-39;;/h6-39,41,43-45H,1-5H3;7-33,36-37H,1-6H3;;/q2*-3;;/i6D,7D,8D,10D,11D,12D,13D,14D,15D,22D,23D,24D,25D,26D,27D,38D,39D;7D,8D,9D,10D,11D,12D,13D,14D,18D,19D,20D,21D,22D,25D;;. The predicted molar refractivity (Wildman–Crippen MR) is 560 cm³/mol. The van der Waals surface area contributed by atoms with Crippen LogP contribution in [0.1, 0.15) is 142 Å². The van der Waals surface area contributed by atoms with Crippen molar-refractivity contribution in [1.82, 2.24) is 19.1 Å². The maximum atomic E-state index is 18.3. The van der Waals surface area contributed by atoms with Crippen LogP contribution < -0.4 is 24.8 Å². The number of benzene rings is 16. The van der Waals surface area contributed by atoms with Gasteiger partial charge in [-0.25, -0.2) is 27.5 Å². The van der Waals surface area contributed by atoms with E-state index in [1.54, 1.807) is 95.0 Å². The fraction of sp³-hybridized carbons (Fsp3) is 0.129. The minimum absolute atomic E-state index is 0. The molecule has 0 fully saturated rings. The molecule has 4 aromatic heterocycles. The van der Waals surface area contributed by atoms with Crippen molar-refractivity contribution in [2.75, 3.05) is 19.6 Å². The molecule has 0 bridgehead atoms. The van der Waals surface area contributed by atoms with Gasteiger partial charge >= 0.3 is 0 Å². The second kappa shape index (κ2) is 37.4. The molecule has 2 aliphatic heterocycles. The van der Waals surface area contributed by atoms with E-state index >= 15 is 17.6 Å². The summed E-state index contributed by atoms with van der Waals surface area (Å²) in [6, 6.07) is 43.6. The average molecular weight is 2230 g/mol. The van der Waals surface area contributed by atoms with Crippen LogP contribution in [0.25, 0.3) is 111 Å². The summed E-state index contributed by atoms with van der Waals surface area (Å²) in [6.45, 7) is 24.6. The molecule has 15 heteroatoms. The summed E-state index contributed by atoms with van der Waals surface area (Å²) in [5, 5.41) is 2.33. The molecule has 22 rings (SSSR count). The van der Waals surface area contributed by atoms with Crippen LogP contribution in [-0.2, 0) is 70.2 Å². The van der Waals surface area contributed by atoms with E-state index in [-0.39, 0.29) is 138 Å². The Labute approximate surface area is 884 Å². The zero-order valence-corrected chi connectivity index (χ0v) is 82.1. The number of anilines is 8. The van der Waals surface area contributed by atoms with Crippen LogP contribution >= 0.6 is 0 Å². The first-order chi connectivity index (χ1) is 79.0. The van der Waals surface area contributed by atoms with Crippen LogP contribution in [0.3, 0.4) is 0 Å². The van der Waals surface area contributed by atoms with Gasteiger partial charge in [-0.05, 0) is 144 Å². The topological polar surface area (TPSA) is 48.6 Å². The molecule has 0 radical (unpaired) electrons. The first kappa shape index (κ1) is 63.4. The Hall–Kier alpha value is -14.1. The molecule has 0 saturated carbocycles. The van der Waals surface area contributed by atoms with Crippen molar-refractivity contribution in [3.8, 4) is 67.3 Å². The number of halogens is 4. The Bertz CT molecular complexity index is 9720. The van der Waals surface area contributed by atoms with Crippen LogP contribution in [0.5, 0.6) is 0 Å². The Morgan fingerprint density at radius 1 is 0.317 bits per heavy atom. The number of para-hydroxylation sites is 7. The molecular formula is C124H100F4N8Pt2Si-6. The molecule has 6 heterocycles. The molecule has 0 amide bonds. The van der Waals surface area contributed by atoms with Gasteiger partial charge in [0.25, 0.3) is 11.8 Å².